The fourth-order valence-corrected chi connectivity index (χ4v) is 3.21. The largest absolute Gasteiger partial charge is 0.481 e. The van der Waals surface area contributed by atoms with Gasteiger partial charge in [-0.1, -0.05) is 0 Å². The van der Waals surface area contributed by atoms with E-state index in [0.29, 0.717) is 12.5 Å². The molecular formula is C16H30N2O3. The van der Waals surface area contributed by atoms with Crippen molar-refractivity contribution in [2.24, 2.45) is 5.92 Å². The van der Waals surface area contributed by atoms with Crippen LogP contribution >= 0.6 is 0 Å². The van der Waals surface area contributed by atoms with Gasteiger partial charge in [0.15, 0.2) is 0 Å². The molecule has 0 radical (unpaired) electrons. The summed E-state index contributed by atoms with van der Waals surface area (Å²) in [7, 11) is 0. The van der Waals surface area contributed by atoms with Crippen LogP contribution in [0.3, 0.4) is 0 Å². The molecule has 0 aromatic heterocycles. The molecule has 0 aromatic rings. The Morgan fingerprint density at radius 1 is 1.14 bits per heavy atom. The predicted molar refractivity (Wildman–Crippen MR) is 83.2 cm³/mol. The highest BCUT2D eigenvalue weighted by Gasteiger charge is 2.25. The first-order chi connectivity index (χ1) is 9.81. The normalized spacial score (nSPS) is 17.4. The van der Waals surface area contributed by atoms with Gasteiger partial charge in [0, 0.05) is 18.5 Å². The molecule has 0 aliphatic carbocycles. The molecule has 0 unspecified atom stereocenters. The van der Waals surface area contributed by atoms with Crippen molar-refractivity contribution in [2.45, 2.75) is 65.5 Å². The number of hydrogen-bond donors (Lipinski definition) is 1. The van der Waals surface area contributed by atoms with Gasteiger partial charge in [-0.05, 0) is 66.0 Å². The molecule has 1 amide bonds. The number of piperidine rings is 1. The van der Waals surface area contributed by atoms with Crippen LogP contribution in [-0.2, 0) is 9.59 Å². The van der Waals surface area contributed by atoms with Gasteiger partial charge in [-0.15, -0.1) is 0 Å². The van der Waals surface area contributed by atoms with E-state index in [4.69, 9.17) is 5.11 Å². The highest BCUT2D eigenvalue weighted by molar-refractivity contribution is 5.78. The maximum Gasteiger partial charge on any atom is 0.303 e. The zero-order chi connectivity index (χ0) is 16.0. The quantitative estimate of drug-likeness (QED) is 0.783. The van der Waals surface area contributed by atoms with E-state index >= 15 is 0 Å². The number of carboxylic acids is 1. The SMILES string of the molecule is CC(C)N(C(=O)CN1CCC(CCC(=O)O)CC1)C(C)C. The van der Waals surface area contributed by atoms with Crippen LogP contribution < -0.4 is 0 Å². The standard InChI is InChI=1S/C16H30N2O3/c1-12(2)18(13(3)4)15(19)11-17-9-7-14(8-10-17)5-6-16(20)21/h12-14H,5-11H2,1-4H3,(H,20,21). The van der Waals surface area contributed by atoms with Gasteiger partial charge in [0.1, 0.15) is 0 Å². The van der Waals surface area contributed by atoms with Crippen molar-refractivity contribution in [3.05, 3.63) is 0 Å². The van der Waals surface area contributed by atoms with Crippen LogP contribution in [0.2, 0.25) is 0 Å². The van der Waals surface area contributed by atoms with Crippen LogP contribution in [-0.4, -0.2) is 58.5 Å². The van der Waals surface area contributed by atoms with Gasteiger partial charge in [0.05, 0.1) is 6.54 Å². The first-order valence-electron chi connectivity index (χ1n) is 8.06. The Bertz CT molecular complexity index is 339. The molecule has 1 rings (SSSR count). The number of carbonyl (C=O) groups is 2. The second kappa shape index (κ2) is 8.37. The topological polar surface area (TPSA) is 60.9 Å². The van der Waals surface area contributed by atoms with Gasteiger partial charge >= 0.3 is 5.97 Å². The van der Waals surface area contributed by atoms with Crippen LogP contribution in [0.1, 0.15) is 53.4 Å². The fraction of sp³-hybridized carbons (Fsp3) is 0.875. The molecule has 0 bridgehead atoms. The maximum absolute atomic E-state index is 12.4. The van der Waals surface area contributed by atoms with E-state index in [1.807, 2.05) is 4.90 Å². The number of hydrogen-bond acceptors (Lipinski definition) is 3. The molecule has 1 aliphatic rings. The Morgan fingerprint density at radius 3 is 2.10 bits per heavy atom. The highest BCUT2D eigenvalue weighted by atomic mass is 16.4. The molecule has 0 saturated carbocycles. The first-order valence-corrected chi connectivity index (χ1v) is 8.06. The van der Waals surface area contributed by atoms with Crippen LogP contribution in [0.4, 0.5) is 0 Å². The van der Waals surface area contributed by atoms with E-state index < -0.39 is 5.97 Å². The lowest BCUT2D eigenvalue weighted by Gasteiger charge is -2.36. The summed E-state index contributed by atoms with van der Waals surface area (Å²) in [6, 6.07) is 0.455. The number of carbonyl (C=O) groups excluding carboxylic acids is 1. The molecular weight excluding hydrogens is 268 g/mol. The number of carboxylic acid groups (broad SMARTS) is 1. The van der Waals surface area contributed by atoms with Gasteiger partial charge < -0.3 is 10.0 Å². The summed E-state index contributed by atoms with van der Waals surface area (Å²) < 4.78 is 0. The smallest absolute Gasteiger partial charge is 0.303 e. The molecule has 5 nitrogen and oxygen atoms in total. The van der Waals surface area contributed by atoms with Crippen molar-refractivity contribution >= 4 is 11.9 Å². The van der Waals surface area contributed by atoms with Crippen LogP contribution in [0.5, 0.6) is 0 Å². The summed E-state index contributed by atoms with van der Waals surface area (Å²) in [6.45, 7) is 10.5. The van der Waals surface area contributed by atoms with E-state index in [1.54, 1.807) is 0 Å². The van der Waals surface area contributed by atoms with Crippen LogP contribution in [0.15, 0.2) is 0 Å². The summed E-state index contributed by atoms with van der Waals surface area (Å²) in [5.74, 6) is -0.0140. The van der Waals surface area contributed by atoms with Crippen LogP contribution in [0.25, 0.3) is 0 Å². The van der Waals surface area contributed by atoms with Crippen molar-refractivity contribution in [1.29, 1.82) is 0 Å². The third kappa shape index (κ3) is 6.04. The Labute approximate surface area is 128 Å². The van der Waals surface area contributed by atoms with E-state index in [-0.39, 0.29) is 24.4 Å². The Balaban J connectivity index is 2.38. The predicted octanol–water partition coefficient (Wildman–Crippen LogP) is 2.21. The van der Waals surface area contributed by atoms with Crippen molar-refractivity contribution in [1.82, 2.24) is 9.80 Å². The first kappa shape index (κ1) is 18.0. The molecule has 1 N–H and O–H groups in total. The lowest BCUT2D eigenvalue weighted by atomic mass is 9.92. The third-order valence-electron chi connectivity index (χ3n) is 4.23. The molecule has 0 atom stereocenters. The van der Waals surface area contributed by atoms with Crippen molar-refractivity contribution < 1.29 is 14.7 Å². The van der Waals surface area contributed by atoms with Gasteiger partial charge in [-0.2, -0.15) is 0 Å². The molecule has 1 saturated heterocycles. The molecule has 122 valence electrons. The average Bonchev–Trinajstić information content (AvgIpc) is 2.36. The Morgan fingerprint density at radius 2 is 1.67 bits per heavy atom. The monoisotopic (exact) mass is 298 g/mol. The highest BCUT2D eigenvalue weighted by Crippen LogP contribution is 2.22. The average molecular weight is 298 g/mol. The number of likely N-dealkylation sites (tertiary alicyclic amines) is 1. The summed E-state index contributed by atoms with van der Waals surface area (Å²) in [4.78, 5) is 27.1. The second-order valence-electron chi connectivity index (χ2n) is 6.64. The van der Waals surface area contributed by atoms with E-state index in [2.05, 4.69) is 32.6 Å². The van der Waals surface area contributed by atoms with E-state index in [9.17, 15) is 9.59 Å². The Hall–Kier alpha value is -1.10. The number of amides is 1. The zero-order valence-corrected chi connectivity index (χ0v) is 13.8. The van der Waals surface area contributed by atoms with Gasteiger partial charge in [0.25, 0.3) is 0 Å². The minimum atomic E-state index is -0.711. The minimum Gasteiger partial charge on any atom is -0.481 e. The van der Waals surface area contributed by atoms with Gasteiger partial charge in [-0.3, -0.25) is 14.5 Å². The number of aliphatic carboxylic acids is 1. The molecule has 5 heteroatoms. The third-order valence-corrected chi connectivity index (χ3v) is 4.23. The zero-order valence-electron chi connectivity index (χ0n) is 13.8. The van der Waals surface area contributed by atoms with Crippen molar-refractivity contribution in [2.75, 3.05) is 19.6 Å². The number of rotatable bonds is 7. The van der Waals surface area contributed by atoms with E-state index in [0.717, 1.165) is 32.4 Å². The molecule has 1 heterocycles. The Kier molecular flexibility index (Phi) is 7.15. The maximum atomic E-state index is 12.4. The number of nitrogens with zero attached hydrogens (tertiary/aromatic N) is 2. The minimum absolute atomic E-state index is 0.198. The summed E-state index contributed by atoms with van der Waals surface area (Å²) in [6.07, 6.45) is 3.03. The van der Waals surface area contributed by atoms with Crippen molar-refractivity contribution in [3.8, 4) is 0 Å². The second-order valence-corrected chi connectivity index (χ2v) is 6.64. The van der Waals surface area contributed by atoms with Gasteiger partial charge in [-0.25, -0.2) is 0 Å². The molecule has 21 heavy (non-hydrogen) atoms. The lowest BCUT2D eigenvalue weighted by molar-refractivity contribution is -0.137. The molecule has 1 fully saturated rings. The van der Waals surface area contributed by atoms with E-state index in [1.165, 1.54) is 0 Å². The summed E-state index contributed by atoms with van der Waals surface area (Å²) in [5, 5.41) is 8.72. The molecule has 0 spiro atoms. The fourth-order valence-electron chi connectivity index (χ4n) is 3.21. The summed E-state index contributed by atoms with van der Waals surface area (Å²) in [5.41, 5.74) is 0. The van der Waals surface area contributed by atoms with Crippen LogP contribution in [0, 0.1) is 5.92 Å². The molecule has 1 aliphatic heterocycles. The van der Waals surface area contributed by atoms with Crippen molar-refractivity contribution in [3.63, 3.8) is 0 Å². The summed E-state index contributed by atoms with van der Waals surface area (Å²) >= 11 is 0. The van der Waals surface area contributed by atoms with Gasteiger partial charge in [0.2, 0.25) is 5.91 Å². The lowest BCUT2D eigenvalue weighted by Crippen LogP contribution is -2.48. The molecule has 0 aromatic carbocycles.